The van der Waals surface area contributed by atoms with Gasteiger partial charge in [-0.3, -0.25) is 4.79 Å². The first-order chi connectivity index (χ1) is 12.2. The van der Waals surface area contributed by atoms with E-state index in [1.165, 1.54) is 12.1 Å². The van der Waals surface area contributed by atoms with E-state index >= 15 is 0 Å². The second-order valence-electron chi connectivity index (χ2n) is 5.14. The molecular weight excluding hydrogens is 355 g/mol. The standard InChI is InChI=1S/C14H12F3N7O2/c15-14(16,17)11-20-7-3-1-2-4-8(7)24(11)5-10(25)26-6-9-21-12(18)23-13(19)22-9/h1-4H,5-6H2,(H4,18,19,21,22,23). The zero-order chi connectivity index (χ0) is 18.9. The van der Waals surface area contributed by atoms with E-state index in [0.29, 0.717) is 0 Å². The number of para-hydroxylation sites is 2. The second kappa shape index (κ2) is 6.46. The van der Waals surface area contributed by atoms with Crippen LogP contribution in [-0.2, 0) is 28.9 Å². The molecule has 2 aromatic heterocycles. The molecule has 0 unspecified atom stereocenters. The third-order valence-electron chi connectivity index (χ3n) is 3.27. The number of halogens is 3. The number of fused-ring (bicyclic) bond motifs is 1. The fourth-order valence-corrected chi connectivity index (χ4v) is 2.29. The topological polar surface area (TPSA) is 135 Å². The number of imidazole rings is 1. The Kier molecular flexibility index (Phi) is 4.32. The van der Waals surface area contributed by atoms with Crippen LogP contribution in [0.1, 0.15) is 11.6 Å². The molecule has 0 aliphatic carbocycles. The van der Waals surface area contributed by atoms with Gasteiger partial charge < -0.3 is 20.8 Å². The van der Waals surface area contributed by atoms with Crippen molar-refractivity contribution in [2.24, 2.45) is 0 Å². The molecule has 136 valence electrons. The van der Waals surface area contributed by atoms with Crippen molar-refractivity contribution in [3.05, 3.63) is 35.9 Å². The molecule has 2 heterocycles. The van der Waals surface area contributed by atoms with Crippen LogP contribution < -0.4 is 11.5 Å². The SMILES string of the molecule is Nc1nc(N)nc(COC(=O)Cn2c(C(F)(F)F)nc3ccccc32)n1. The molecule has 0 radical (unpaired) electrons. The average Bonchev–Trinajstić information content (AvgIpc) is 2.91. The second-order valence-corrected chi connectivity index (χ2v) is 5.14. The average molecular weight is 367 g/mol. The maximum Gasteiger partial charge on any atom is 0.449 e. The van der Waals surface area contributed by atoms with Gasteiger partial charge in [0.25, 0.3) is 0 Å². The molecule has 0 aliphatic rings. The summed E-state index contributed by atoms with van der Waals surface area (Å²) < 4.78 is 45.2. The van der Waals surface area contributed by atoms with Gasteiger partial charge in [0.1, 0.15) is 6.54 Å². The van der Waals surface area contributed by atoms with Gasteiger partial charge in [0.15, 0.2) is 12.4 Å². The number of nitrogen functional groups attached to an aromatic ring is 2. The monoisotopic (exact) mass is 367 g/mol. The molecule has 0 aliphatic heterocycles. The van der Waals surface area contributed by atoms with Crippen molar-refractivity contribution in [3.8, 4) is 0 Å². The number of nitrogens with zero attached hydrogens (tertiary/aromatic N) is 5. The lowest BCUT2D eigenvalue weighted by atomic mass is 10.3. The molecule has 0 spiro atoms. The van der Waals surface area contributed by atoms with Crippen LogP contribution in [-0.4, -0.2) is 30.5 Å². The van der Waals surface area contributed by atoms with Gasteiger partial charge in [-0.25, -0.2) is 4.98 Å². The highest BCUT2D eigenvalue weighted by Gasteiger charge is 2.38. The number of aromatic nitrogens is 5. The molecule has 26 heavy (non-hydrogen) atoms. The highest BCUT2D eigenvalue weighted by Crippen LogP contribution is 2.31. The minimum absolute atomic E-state index is 0.0186. The first kappa shape index (κ1) is 17.4. The molecule has 3 aromatic rings. The number of ether oxygens (including phenoxy) is 1. The van der Waals surface area contributed by atoms with Gasteiger partial charge in [-0.15, -0.1) is 0 Å². The Bertz CT molecular complexity index is 951. The first-order valence-electron chi connectivity index (χ1n) is 7.18. The van der Waals surface area contributed by atoms with Gasteiger partial charge in [-0.1, -0.05) is 12.1 Å². The zero-order valence-electron chi connectivity index (χ0n) is 13.1. The van der Waals surface area contributed by atoms with Gasteiger partial charge in [0.05, 0.1) is 11.0 Å². The number of benzene rings is 1. The van der Waals surface area contributed by atoms with Crippen molar-refractivity contribution in [3.63, 3.8) is 0 Å². The number of carbonyl (C=O) groups is 1. The van der Waals surface area contributed by atoms with Crippen LogP contribution in [0, 0.1) is 0 Å². The summed E-state index contributed by atoms with van der Waals surface area (Å²) in [5.41, 5.74) is 11.0. The molecule has 0 saturated heterocycles. The molecule has 3 rings (SSSR count). The van der Waals surface area contributed by atoms with Crippen LogP contribution >= 0.6 is 0 Å². The summed E-state index contributed by atoms with van der Waals surface area (Å²) in [6.45, 7) is -1.10. The minimum Gasteiger partial charge on any atom is -0.456 e. The van der Waals surface area contributed by atoms with E-state index in [2.05, 4.69) is 19.9 Å². The number of hydrogen-bond acceptors (Lipinski definition) is 8. The Morgan fingerprint density at radius 3 is 2.38 bits per heavy atom. The zero-order valence-corrected chi connectivity index (χ0v) is 13.1. The van der Waals surface area contributed by atoms with Crippen molar-refractivity contribution in [2.75, 3.05) is 11.5 Å². The van der Waals surface area contributed by atoms with E-state index in [-0.39, 0.29) is 28.8 Å². The lowest BCUT2D eigenvalue weighted by Crippen LogP contribution is -2.21. The predicted molar refractivity (Wildman–Crippen MR) is 83.2 cm³/mol. The molecule has 12 heteroatoms. The van der Waals surface area contributed by atoms with Crippen LogP contribution in [0.3, 0.4) is 0 Å². The van der Waals surface area contributed by atoms with Crippen molar-refractivity contribution in [1.82, 2.24) is 24.5 Å². The van der Waals surface area contributed by atoms with E-state index in [0.717, 1.165) is 4.57 Å². The lowest BCUT2D eigenvalue weighted by molar-refractivity contribution is -0.151. The van der Waals surface area contributed by atoms with Crippen molar-refractivity contribution in [1.29, 1.82) is 0 Å². The summed E-state index contributed by atoms with van der Waals surface area (Å²) in [6.07, 6.45) is -4.73. The van der Waals surface area contributed by atoms with Crippen LogP contribution in [0.15, 0.2) is 24.3 Å². The van der Waals surface area contributed by atoms with Crippen LogP contribution in [0.5, 0.6) is 0 Å². The van der Waals surface area contributed by atoms with E-state index in [1.54, 1.807) is 12.1 Å². The summed E-state index contributed by atoms with van der Waals surface area (Å²) in [4.78, 5) is 26.5. The molecule has 0 atom stereocenters. The van der Waals surface area contributed by atoms with Gasteiger partial charge in [0, 0.05) is 0 Å². The number of anilines is 2. The smallest absolute Gasteiger partial charge is 0.449 e. The predicted octanol–water partition coefficient (Wildman–Crippen LogP) is 1.15. The third kappa shape index (κ3) is 3.63. The van der Waals surface area contributed by atoms with E-state index in [9.17, 15) is 18.0 Å². The summed E-state index contributed by atoms with van der Waals surface area (Å²) in [6, 6.07) is 5.94. The molecular formula is C14H12F3N7O2. The Labute approximate surface area is 143 Å². The van der Waals surface area contributed by atoms with Gasteiger partial charge in [-0.2, -0.15) is 28.1 Å². The maximum absolute atomic E-state index is 13.2. The number of rotatable bonds is 4. The first-order valence-corrected chi connectivity index (χ1v) is 7.18. The normalized spacial score (nSPS) is 11.7. The summed E-state index contributed by atoms with van der Waals surface area (Å²) in [7, 11) is 0. The van der Waals surface area contributed by atoms with E-state index in [1.807, 2.05) is 0 Å². The Morgan fingerprint density at radius 2 is 1.73 bits per heavy atom. The molecule has 0 bridgehead atoms. The fourth-order valence-electron chi connectivity index (χ4n) is 2.29. The number of alkyl halides is 3. The molecule has 0 fully saturated rings. The summed E-state index contributed by atoms with van der Waals surface area (Å²) in [5, 5.41) is 0. The highest BCUT2D eigenvalue weighted by molar-refractivity contribution is 5.79. The molecule has 9 nitrogen and oxygen atoms in total. The van der Waals surface area contributed by atoms with Gasteiger partial charge in [-0.05, 0) is 12.1 Å². The molecule has 0 saturated carbocycles. The van der Waals surface area contributed by atoms with Crippen LogP contribution in [0.4, 0.5) is 25.1 Å². The Hall–Kier alpha value is -3.44. The quantitative estimate of drug-likeness (QED) is 0.656. The van der Waals surface area contributed by atoms with E-state index in [4.69, 9.17) is 16.2 Å². The number of esters is 1. The summed E-state index contributed by atoms with van der Waals surface area (Å²) >= 11 is 0. The van der Waals surface area contributed by atoms with Gasteiger partial charge >= 0.3 is 12.1 Å². The van der Waals surface area contributed by atoms with Crippen LogP contribution in [0.2, 0.25) is 0 Å². The summed E-state index contributed by atoms with van der Waals surface area (Å²) in [5.74, 6) is -2.47. The lowest BCUT2D eigenvalue weighted by Gasteiger charge is -2.11. The Balaban J connectivity index is 1.80. The number of carbonyl (C=O) groups excluding carboxylic acids is 1. The van der Waals surface area contributed by atoms with Crippen LogP contribution in [0.25, 0.3) is 11.0 Å². The maximum atomic E-state index is 13.2. The van der Waals surface area contributed by atoms with Crippen molar-refractivity contribution >= 4 is 28.9 Å². The molecule has 4 N–H and O–H groups in total. The highest BCUT2D eigenvalue weighted by atomic mass is 19.4. The van der Waals surface area contributed by atoms with Gasteiger partial charge in [0.2, 0.25) is 17.7 Å². The minimum atomic E-state index is -4.73. The Morgan fingerprint density at radius 1 is 1.08 bits per heavy atom. The number of hydrogen-bond donors (Lipinski definition) is 2. The van der Waals surface area contributed by atoms with E-state index < -0.39 is 31.1 Å². The van der Waals surface area contributed by atoms with Crippen molar-refractivity contribution in [2.45, 2.75) is 19.3 Å². The molecule has 0 amide bonds. The van der Waals surface area contributed by atoms with Crippen molar-refractivity contribution < 1.29 is 22.7 Å². The largest absolute Gasteiger partial charge is 0.456 e. The molecule has 1 aromatic carbocycles. The third-order valence-corrected chi connectivity index (χ3v) is 3.27. The number of nitrogens with two attached hydrogens (primary N) is 2. The fraction of sp³-hybridized carbons (Fsp3) is 0.214.